The van der Waals surface area contributed by atoms with Crippen LogP contribution in [-0.4, -0.2) is 32.8 Å². The van der Waals surface area contributed by atoms with Gasteiger partial charge in [-0.3, -0.25) is 14.3 Å². The molecule has 1 atom stereocenters. The molecule has 0 saturated heterocycles. The van der Waals surface area contributed by atoms with Crippen LogP contribution in [0, 0.1) is 0 Å². The number of carbonyl (C=O) groups excluding carboxylic acids is 1. The van der Waals surface area contributed by atoms with Crippen molar-refractivity contribution in [3.63, 3.8) is 0 Å². The highest BCUT2D eigenvalue weighted by atomic mass is 19.4. The molecule has 0 fully saturated rings. The van der Waals surface area contributed by atoms with E-state index in [9.17, 15) is 22.8 Å². The Morgan fingerprint density at radius 1 is 0.949 bits per heavy atom. The van der Waals surface area contributed by atoms with Crippen molar-refractivity contribution in [1.82, 2.24) is 9.78 Å². The average molecular weight is 535 g/mol. The van der Waals surface area contributed by atoms with E-state index in [1.807, 2.05) is 48.5 Å². The number of furan rings is 1. The maximum Gasteiger partial charge on any atom is 0.389 e. The average Bonchev–Trinajstić information content (AvgIpc) is 3.52. The molecule has 1 N–H and O–H groups in total. The fourth-order valence-corrected chi connectivity index (χ4v) is 4.75. The highest BCUT2D eigenvalue weighted by Crippen LogP contribution is 2.34. The molecule has 0 aliphatic heterocycles. The van der Waals surface area contributed by atoms with Gasteiger partial charge in [-0.15, -0.1) is 0 Å². The number of benzene rings is 3. The van der Waals surface area contributed by atoms with Crippen LogP contribution in [0.5, 0.6) is 0 Å². The van der Waals surface area contributed by atoms with E-state index in [1.165, 1.54) is 0 Å². The van der Waals surface area contributed by atoms with Crippen molar-refractivity contribution in [3.8, 4) is 11.3 Å². The molecular formula is C30H25F3N2O4. The highest BCUT2D eigenvalue weighted by molar-refractivity contribution is 5.96. The van der Waals surface area contributed by atoms with Gasteiger partial charge in [0.1, 0.15) is 11.3 Å². The van der Waals surface area contributed by atoms with Crippen LogP contribution < -0.4 is 0 Å². The second-order valence-corrected chi connectivity index (χ2v) is 9.47. The summed E-state index contributed by atoms with van der Waals surface area (Å²) in [5.41, 5.74) is 3.25. The molecule has 3 aromatic carbocycles. The largest absolute Gasteiger partial charge is 0.481 e. The van der Waals surface area contributed by atoms with E-state index in [0.29, 0.717) is 22.4 Å². The summed E-state index contributed by atoms with van der Waals surface area (Å²) in [4.78, 5) is 23.1. The topological polar surface area (TPSA) is 85.3 Å². The number of fused-ring (bicyclic) bond motifs is 2. The predicted octanol–water partition coefficient (Wildman–Crippen LogP) is 7.82. The summed E-state index contributed by atoms with van der Waals surface area (Å²) in [5, 5.41) is 15.0. The lowest BCUT2D eigenvalue weighted by molar-refractivity contribution is -0.137. The van der Waals surface area contributed by atoms with Gasteiger partial charge in [0, 0.05) is 41.2 Å². The number of alkyl halides is 3. The zero-order chi connectivity index (χ0) is 27.6. The number of para-hydroxylation sites is 1. The minimum absolute atomic E-state index is 0.0838. The molecule has 1 unspecified atom stereocenters. The minimum Gasteiger partial charge on any atom is -0.481 e. The van der Waals surface area contributed by atoms with Crippen molar-refractivity contribution in [2.24, 2.45) is 0 Å². The van der Waals surface area contributed by atoms with E-state index in [1.54, 1.807) is 35.1 Å². The third-order valence-electron chi connectivity index (χ3n) is 6.71. The van der Waals surface area contributed by atoms with E-state index < -0.39 is 24.6 Å². The number of ketones is 1. The quantitative estimate of drug-likeness (QED) is 0.185. The Balaban J connectivity index is 1.44. The van der Waals surface area contributed by atoms with Gasteiger partial charge in [0.2, 0.25) is 0 Å². The third-order valence-corrected chi connectivity index (χ3v) is 6.71. The first-order valence-electron chi connectivity index (χ1n) is 12.6. The van der Waals surface area contributed by atoms with Gasteiger partial charge in [0.25, 0.3) is 0 Å². The van der Waals surface area contributed by atoms with Crippen LogP contribution in [0.3, 0.4) is 0 Å². The molecule has 39 heavy (non-hydrogen) atoms. The molecule has 5 aromatic rings. The summed E-state index contributed by atoms with van der Waals surface area (Å²) in [6.45, 7) is 0. The molecule has 0 spiro atoms. The summed E-state index contributed by atoms with van der Waals surface area (Å²) in [7, 11) is 0. The number of carbonyl (C=O) groups is 2. The lowest BCUT2D eigenvalue weighted by Crippen LogP contribution is -2.17. The van der Waals surface area contributed by atoms with Crippen molar-refractivity contribution in [2.45, 2.75) is 44.3 Å². The normalized spacial score (nSPS) is 12.7. The molecule has 2 aromatic heterocycles. The first kappa shape index (κ1) is 26.2. The smallest absolute Gasteiger partial charge is 0.389 e. The van der Waals surface area contributed by atoms with Crippen molar-refractivity contribution in [2.75, 3.05) is 0 Å². The van der Waals surface area contributed by atoms with Crippen molar-refractivity contribution in [3.05, 3.63) is 90.1 Å². The molecule has 0 amide bonds. The van der Waals surface area contributed by atoms with Crippen molar-refractivity contribution in [1.29, 1.82) is 0 Å². The summed E-state index contributed by atoms with van der Waals surface area (Å²) in [6, 6.07) is 20.9. The number of hydrogen-bond acceptors (Lipinski definition) is 4. The molecule has 5 rings (SSSR count). The van der Waals surface area contributed by atoms with Crippen LogP contribution in [0.1, 0.15) is 54.1 Å². The van der Waals surface area contributed by atoms with E-state index in [-0.39, 0.29) is 31.5 Å². The highest BCUT2D eigenvalue weighted by Gasteiger charge is 2.30. The molecular weight excluding hydrogens is 509 g/mol. The van der Waals surface area contributed by atoms with Gasteiger partial charge < -0.3 is 9.52 Å². The Hall–Kier alpha value is -4.40. The maximum absolute atomic E-state index is 13.2. The molecule has 6 nitrogen and oxygen atoms in total. The first-order chi connectivity index (χ1) is 18.7. The number of nitrogens with zero attached hydrogens (tertiary/aromatic N) is 2. The lowest BCUT2D eigenvalue weighted by atomic mass is 9.98. The van der Waals surface area contributed by atoms with E-state index in [4.69, 9.17) is 9.52 Å². The Kier molecular flexibility index (Phi) is 7.24. The molecule has 200 valence electrons. The molecule has 0 aliphatic carbocycles. The Labute approximate surface area is 221 Å². The molecule has 0 aliphatic rings. The lowest BCUT2D eigenvalue weighted by Gasteiger charge is -2.20. The van der Waals surface area contributed by atoms with Crippen molar-refractivity contribution < 1.29 is 32.3 Å². The van der Waals surface area contributed by atoms with Crippen LogP contribution in [0.25, 0.3) is 33.2 Å². The standard InChI is InChI=1S/C30H25F3N2O4/c31-30(32,33)15-14-25(19-8-10-20(11-9-19)26(36)5-3-7-29(37)38)35-24-13-12-22(16-23(24)18-34-35)28-17-21-4-1-2-6-27(21)39-28/h1-2,4,6,8-13,16-18,25H,3,5,7,14-15H2,(H,37,38). The van der Waals surface area contributed by atoms with Gasteiger partial charge in [-0.05, 0) is 48.7 Å². The molecule has 9 heteroatoms. The summed E-state index contributed by atoms with van der Waals surface area (Å²) in [6.07, 6.45) is -3.73. The monoisotopic (exact) mass is 534 g/mol. The van der Waals surface area contributed by atoms with Gasteiger partial charge in [-0.25, -0.2) is 0 Å². The molecule has 0 radical (unpaired) electrons. The van der Waals surface area contributed by atoms with Crippen LogP contribution in [-0.2, 0) is 4.79 Å². The Bertz CT molecular complexity index is 1600. The molecule has 0 saturated carbocycles. The minimum atomic E-state index is -4.34. The summed E-state index contributed by atoms with van der Waals surface area (Å²) in [5.74, 6) is -0.498. The van der Waals surface area contributed by atoms with Crippen LogP contribution >= 0.6 is 0 Å². The van der Waals surface area contributed by atoms with Gasteiger partial charge in [-0.1, -0.05) is 42.5 Å². The second-order valence-electron chi connectivity index (χ2n) is 9.47. The zero-order valence-corrected chi connectivity index (χ0v) is 20.8. The van der Waals surface area contributed by atoms with E-state index in [2.05, 4.69) is 5.10 Å². The number of carboxylic acids is 1. The van der Waals surface area contributed by atoms with Gasteiger partial charge in [-0.2, -0.15) is 18.3 Å². The van der Waals surface area contributed by atoms with E-state index >= 15 is 0 Å². The Morgan fingerprint density at radius 2 is 1.72 bits per heavy atom. The van der Waals surface area contributed by atoms with Crippen LogP contribution in [0.4, 0.5) is 13.2 Å². The summed E-state index contributed by atoms with van der Waals surface area (Å²) >= 11 is 0. The number of aliphatic carboxylic acids is 1. The molecule has 0 bridgehead atoms. The fraction of sp³-hybridized carbons (Fsp3) is 0.233. The van der Waals surface area contributed by atoms with Gasteiger partial charge in [0.05, 0.1) is 17.8 Å². The second kappa shape index (κ2) is 10.8. The summed E-state index contributed by atoms with van der Waals surface area (Å²) < 4.78 is 47.3. The number of hydrogen-bond donors (Lipinski definition) is 1. The van der Waals surface area contributed by atoms with E-state index in [0.717, 1.165) is 21.9 Å². The predicted molar refractivity (Wildman–Crippen MR) is 141 cm³/mol. The Morgan fingerprint density at radius 3 is 2.44 bits per heavy atom. The first-order valence-corrected chi connectivity index (χ1v) is 12.6. The third kappa shape index (κ3) is 6.03. The fourth-order valence-electron chi connectivity index (χ4n) is 4.75. The van der Waals surface area contributed by atoms with Crippen molar-refractivity contribution >= 4 is 33.6 Å². The van der Waals surface area contributed by atoms with Crippen LogP contribution in [0.2, 0.25) is 0 Å². The van der Waals surface area contributed by atoms with Gasteiger partial charge >= 0.3 is 12.1 Å². The van der Waals surface area contributed by atoms with Crippen LogP contribution in [0.15, 0.2) is 83.4 Å². The van der Waals surface area contributed by atoms with Gasteiger partial charge in [0.15, 0.2) is 5.78 Å². The SMILES string of the molecule is O=C(O)CCCC(=O)c1ccc(C(CCC(F)(F)F)n2ncc3cc(-c4cc5ccccc5o4)ccc32)cc1. The number of carboxylic acid groups (broad SMARTS) is 1. The maximum atomic E-state index is 13.2. The molecule has 2 heterocycles. The zero-order valence-electron chi connectivity index (χ0n) is 20.8. The number of aromatic nitrogens is 2. The number of halogens is 3. The number of Topliss-reactive ketones (excluding diaryl/α,β-unsaturated/α-hetero) is 1. The number of rotatable bonds is 10.